The van der Waals surface area contributed by atoms with E-state index >= 15 is 0 Å². The van der Waals surface area contributed by atoms with Gasteiger partial charge >= 0.3 is 5.97 Å². The molecule has 0 amide bonds. The minimum Gasteiger partial charge on any atom is -0.478 e. The number of fused-ring (bicyclic) bond motifs is 1. The van der Waals surface area contributed by atoms with Crippen molar-refractivity contribution in [2.45, 2.75) is 0 Å². The molecule has 0 spiro atoms. The van der Waals surface area contributed by atoms with E-state index in [-0.39, 0.29) is 5.56 Å². The number of para-hydroxylation sites is 1. The first-order chi connectivity index (χ1) is 10.7. The maximum Gasteiger partial charge on any atom is 0.335 e. The van der Waals surface area contributed by atoms with Crippen molar-refractivity contribution in [3.8, 4) is 0 Å². The number of benzene rings is 2. The van der Waals surface area contributed by atoms with Crippen LogP contribution in [0.3, 0.4) is 0 Å². The molecule has 5 heteroatoms. The minimum absolute atomic E-state index is 0.253. The van der Waals surface area contributed by atoms with Crippen molar-refractivity contribution in [3.63, 3.8) is 0 Å². The van der Waals surface area contributed by atoms with Gasteiger partial charge in [-0.3, -0.25) is 10.4 Å². The summed E-state index contributed by atoms with van der Waals surface area (Å²) in [5, 5.41) is 14.1. The summed E-state index contributed by atoms with van der Waals surface area (Å²) in [7, 11) is 0. The van der Waals surface area contributed by atoms with Crippen molar-refractivity contribution in [3.05, 3.63) is 71.9 Å². The Hall–Kier alpha value is -3.21. The second-order valence-corrected chi connectivity index (χ2v) is 4.68. The van der Waals surface area contributed by atoms with Crippen molar-refractivity contribution in [2.75, 3.05) is 5.43 Å². The molecule has 3 aromatic rings. The quantitative estimate of drug-likeness (QED) is 0.571. The van der Waals surface area contributed by atoms with Crippen LogP contribution in [0.1, 0.15) is 15.9 Å². The molecule has 0 unspecified atom stereocenters. The SMILES string of the molecule is O=C(O)c1ccc(C=NNc2cccc3cccnc23)cc1. The highest BCUT2D eigenvalue weighted by Crippen LogP contribution is 2.20. The van der Waals surface area contributed by atoms with Gasteiger partial charge in [-0.15, -0.1) is 0 Å². The third-order valence-corrected chi connectivity index (χ3v) is 3.19. The Labute approximate surface area is 126 Å². The lowest BCUT2D eigenvalue weighted by Gasteiger charge is -2.04. The molecule has 22 heavy (non-hydrogen) atoms. The molecule has 0 fully saturated rings. The summed E-state index contributed by atoms with van der Waals surface area (Å²) in [5.74, 6) is -0.941. The molecule has 0 saturated heterocycles. The highest BCUT2D eigenvalue weighted by molar-refractivity contribution is 5.91. The van der Waals surface area contributed by atoms with Gasteiger partial charge in [-0.2, -0.15) is 5.10 Å². The predicted molar refractivity (Wildman–Crippen MR) is 86.4 cm³/mol. The number of carbonyl (C=O) groups is 1. The number of carboxylic acid groups (broad SMARTS) is 1. The average Bonchev–Trinajstić information content (AvgIpc) is 2.55. The standard InChI is InChI=1S/C17H13N3O2/c21-17(22)14-8-6-12(7-9-14)11-19-20-15-5-1-3-13-4-2-10-18-16(13)15/h1-11,20H,(H,21,22). The van der Waals surface area contributed by atoms with Crippen LogP contribution in [0.15, 0.2) is 65.9 Å². The molecule has 1 heterocycles. The summed E-state index contributed by atoms with van der Waals surface area (Å²) >= 11 is 0. The smallest absolute Gasteiger partial charge is 0.335 e. The second kappa shape index (κ2) is 6.05. The van der Waals surface area contributed by atoms with Crippen molar-refractivity contribution < 1.29 is 9.90 Å². The molecule has 0 bridgehead atoms. The van der Waals surface area contributed by atoms with Gasteiger partial charge in [0.25, 0.3) is 0 Å². The third-order valence-electron chi connectivity index (χ3n) is 3.19. The van der Waals surface area contributed by atoms with Gasteiger partial charge in [0.15, 0.2) is 0 Å². The minimum atomic E-state index is -0.941. The molecular formula is C17H13N3O2. The fourth-order valence-corrected chi connectivity index (χ4v) is 2.08. The number of rotatable bonds is 4. The molecule has 2 N–H and O–H groups in total. The molecule has 0 aliphatic carbocycles. The van der Waals surface area contributed by atoms with E-state index in [1.807, 2.05) is 30.3 Å². The van der Waals surface area contributed by atoms with E-state index < -0.39 is 5.97 Å². The van der Waals surface area contributed by atoms with Gasteiger partial charge in [-0.1, -0.05) is 30.3 Å². The van der Waals surface area contributed by atoms with Gasteiger partial charge in [0.1, 0.15) is 0 Å². The Balaban J connectivity index is 1.77. The van der Waals surface area contributed by atoms with Crippen LogP contribution in [0.25, 0.3) is 10.9 Å². The predicted octanol–water partition coefficient (Wildman–Crippen LogP) is 3.38. The van der Waals surface area contributed by atoms with E-state index in [1.165, 1.54) is 0 Å². The van der Waals surface area contributed by atoms with Gasteiger partial charge in [0.05, 0.1) is 23.0 Å². The van der Waals surface area contributed by atoms with Crippen LogP contribution in [-0.2, 0) is 0 Å². The maximum absolute atomic E-state index is 10.8. The molecule has 0 saturated carbocycles. The van der Waals surface area contributed by atoms with Gasteiger partial charge in [0.2, 0.25) is 0 Å². The third kappa shape index (κ3) is 2.93. The molecule has 0 aliphatic heterocycles. The number of nitrogens with one attached hydrogen (secondary N) is 1. The Bertz CT molecular complexity index is 837. The number of hydrogen-bond acceptors (Lipinski definition) is 4. The molecule has 2 aromatic carbocycles. The van der Waals surface area contributed by atoms with Gasteiger partial charge in [-0.05, 0) is 29.8 Å². The lowest BCUT2D eigenvalue weighted by Crippen LogP contribution is -1.96. The summed E-state index contributed by atoms with van der Waals surface area (Å²) in [4.78, 5) is 15.1. The number of pyridine rings is 1. The van der Waals surface area contributed by atoms with E-state index in [2.05, 4.69) is 15.5 Å². The lowest BCUT2D eigenvalue weighted by molar-refractivity contribution is 0.0697. The Morgan fingerprint density at radius 3 is 2.64 bits per heavy atom. The van der Waals surface area contributed by atoms with Crippen LogP contribution < -0.4 is 5.43 Å². The molecule has 1 aromatic heterocycles. The van der Waals surface area contributed by atoms with Gasteiger partial charge < -0.3 is 5.11 Å². The zero-order chi connectivity index (χ0) is 15.4. The average molecular weight is 291 g/mol. The lowest BCUT2D eigenvalue weighted by atomic mass is 10.1. The number of anilines is 1. The number of hydrazone groups is 1. The summed E-state index contributed by atoms with van der Waals surface area (Å²) < 4.78 is 0. The normalized spacial score (nSPS) is 10.9. The van der Waals surface area contributed by atoms with E-state index in [0.717, 1.165) is 22.2 Å². The first-order valence-electron chi connectivity index (χ1n) is 6.70. The van der Waals surface area contributed by atoms with E-state index in [0.29, 0.717) is 0 Å². The van der Waals surface area contributed by atoms with Crippen LogP contribution >= 0.6 is 0 Å². The Kier molecular flexibility index (Phi) is 3.78. The number of hydrogen-bond donors (Lipinski definition) is 2. The zero-order valence-corrected chi connectivity index (χ0v) is 11.6. The number of aromatic carboxylic acids is 1. The van der Waals surface area contributed by atoms with Gasteiger partial charge in [0, 0.05) is 11.6 Å². The Morgan fingerprint density at radius 2 is 1.86 bits per heavy atom. The van der Waals surface area contributed by atoms with Crippen LogP contribution in [0, 0.1) is 0 Å². The first kappa shape index (κ1) is 13.8. The highest BCUT2D eigenvalue weighted by Gasteiger charge is 2.01. The fraction of sp³-hybridized carbons (Fsp3) is 0. The van der Waals surface area contributed by atoms with Gasteiger partial charge in [-0.25, -0.2) is 4.79 Å². The van der Waals surface area contributed by atoms with E-state index in [1.54, 1.807) is 36.7 Å². The molecule has 108 valence electrons. The summed E-state index contributed by atoms with van der Waals surface area (Å²) in [5.41, 5.74) is 5.69. The van der Waals surface area contributed by atoms with Crippen LogP contribution in [-0.4, -0.2) is 22.3 Å². The van der Waals surface area contributed by atoms with E-state index in [4.69, 9.17) is 5.11 Å². The van der Waals surface area contributed by atoms with Crippen molar-refractivity contribution in [1.82, 2.24) is 4.98 Å². The molecule has 0 radical (unpaired) electrons. The van der Waals surface area contributed by atoms with E-state index in [9.17, 15) is 4.79 Å². The Morgan fingerprint density at radius 1 is 1.09 bits per heavy atom. The van der Waals surface area contributed by atoms with Crippen LogP contribution in [0.2, 0.25) is 0 Å². The summed E-state index contributed by atoms with van der Waals surface area (Å²) in [6, 6.07) is 16.2. The second-order valence-electron chi connectivity index (χ2n) is 4.68. The molecule has 0 aliphatic rings. The number of nitrogens with zero attached hydrogens (tertiary/aromatic N) is 2. The summed E-state index contributed by atoms with van der Waals surface area (Å²) in [6.45, 7) is 0. The summed E-state index contributed by atoms with van der Waals surface area (Å²) in [6.07, 6.45) is 3.37. The van der Waals surface area contributed by atoms with Crippen molar-refractivity contribution in [1.29, 1.82) is 0 Å². The maximum atomic E-state index is 10.8. The first-order valence-corrected chi connectivity index (χ1v) is 6.70. The number of aromatic nitrogens is 1. The van der Waals surface area contributed by atoms with Crippen LogP contribution in [0.5, 0.6) is 0 Å². The monoisotopic (exact) mass is 291 g/mol. The zero-order valence-electron chi connectivity index (χ0n) is 11.6. The molecule has 3 rings (SSSR count). The van der Waals surface area contributed by atoms with Crippen molar-refractivity contribution in [2.24, 2.45) is 5.10 Å². The highest BCUT2D eigenvalue weighted by atomic mass is 16.4. The largest absolute Gasteiger partial charge is 0.478 e. The molecule has 5 nitrogen and oxygen atoms in total. The van der Waals surface area contributed by atoms with Crippen molar-refractivity contribution >= 4 is 28.8 Å². The van der Waals surface area contributed by atoms with Crippen LogP contribution in [0.4, 0.5) is 5.69 Å². The fourth-order valence-electron chi connectivity index (χ4n) is 2.08. The topological polar surface area (TPSA) is 74.6 Å². The number of carboxylic acids is 1. The molecule has 0 atom stereocenters. The molecular weight excluding hydrogens is 278 g/mol.